The topological polar surface area (TPSA) is 45.9 Å². The highest BCUT2D eigenvalue weighted by atomic mass is 32.1. The van der Waals surface area contributed by atoms with Gasteiger partial charge in [-0.05, 0) is 12.1 Å². The first-order valence-electron chi connectivity index (χ1n) is 5.02. The van der Waals surface area contributed by atoms with E-state index in [0.717, 1.165) is 5.01 Å². The minimum absolute atomic E-state index is 0.240. The minimum atomic E-state index is -0.371. The Balaban J connectivity index is 1.88. The zero-order valence-corrected chi connectivity index (χ0v) is 9.71. The van der Waals surface area contributed by atoms with Gasteiger partial charge in [0.1, 0.15) is 10.9 Å². The van der Waals surface area contributed by atoms with E-state index in [0.29, 0.717) is 17.9 Å². The fourth-order valence-corrected chi connectivity index (χ4v) is 1.98. The number of aromatic nitrogens is 1. The molecule has 0 bridgehead atoms. The van der Waals surface area contributed by atoms with Crippen molar-refractivity contribution >= 4 is 11.3 Å². The molecule has 0 N–H and O–H groups in total. The second-order valence-electron chi connectivity index (χ2n) is 3.26. The molecule has 0 aliphatic heterocycles. The molecule has 0 atom stereocenters. The van der Waals surface area contributed by atoms with E-state index >= 15 is 0 Å². The van der Waals surface area contributed by atoms with Gasteiger partial charge in [0.15, 0.2) is 11.6 Å². The van der Waals surface area contributed by atoms with E-state index in [-0.39, 0.29) is 11.6 Å². The monoisotopic (exact) mass is 248 g/mol. The third-order valence-electron chi connectivity index (χ3n) is 2.07. The van der Waals surface area contributed by atoms with E-state index in [1.807, 2.05) is 6.07 Å². The van der Waals surface area contributed by atoms with Crippen LogP contribution in [0.5, 0.6) is 5.75 Å². The van der Waals surface area contributed by atoms with E-state index in [1.54, 1.807) is 18.2 Å². The number of rotatable bonds is 4. The Hall–Kier alpha value is -1.93. The maximum atomic E-state index is 13.2. The summed E-state index contributed by atoms with van der Waals surface area (Å²) < 4.78 is 18.5. The van der Waals surface area contributed by atoms with E-state index < -0.39 is 0 Å². The molecule has 0 spiro atoms. The molecule has 0 fully saturated rings. The summed E-state index contributed by atoms with van der Waals surface area (Å²) in [5, 5.41) is 9.45. The van der Waals surface area contributed by atoms with Gasteiger partial charge in [-0.2, -0.15) is 5.26 Å². The average Bonchev–Trinajstić information content (AvgIpc) is 2.80. The predicted molar refractivity (Wildman–Crippen MR) is 62.4 cm³/mol. The average molecular weight is 248 g/mol. The Morgan fingerprint density at radius 2 is 2.24 bits per heavy atom. The van der Waals surface area contributed by atoms with Crippen molar-refractivity contribution in [2.24, 2.45) is 0 Å². The quantitative estimate of drug-likeness (QED) is 0.835. The lowest BCUT2D eigenvalue weighted by Gasteiger charge is -2.05. The normalized spacial score (nSPS) is 9.88. The molecule has 3 nitrogen and oxygen atoms in total. The summed E-state index contributed by atoms with van der Waals surface area (Å²) in [6, 6.07) is 8.29. The van der Waals surface area contributed by atoms with Crippen LogP contribution >= 0.6 is 11.3 Å². The van der Waals surface area contributed by atoms with Crippen LogP contribution in [-0.2, 0) is 6.42 Å². The van der Waals surface area contributed by atoms with Gasteiger partial charge in [0.2, 0.25) is 0 Å². The van der Waals surface area contributed by atoms with Crippen LogP contribution in [-0.4, -0.2) is 11.6 Å². The van der Waals surface area contributed by atoms with Crippen molar-refractivity contribution in [1.82, 2.24) is 4.98 Å². The number of nitriles is 1. The number of ether oxygens (including phenoxy) is 1. The van der Waals surface area contributed by atoms with Crippen LogP contribution < -0.4 is 4.74 Å². The first-order valence-corrected chi connectivity index (χ1v) is 5.83. The van der Waals surface area contributed by atoms with Crippen molar-refractivity contribution in [1.29, 1.82) is 5.26 Å². The van der Waals surface area contributed by atoms with Crippen LogP contribution in [0.15, 0.2) is 30.5 Å². The van der Waals surface area contributed by atoms with Crippen molar-refractivity contribution in [2.75, 3.05) is 6.61 Å². The van der Waals surface area contributed by atoms with Crippen LogP contribution in [0.1, 0.15) is 9.88 Å². The molecular formula is C12H9FN2OS. The van der Waals surface area contributed by atoms with Crippen LogP contribution in [0.4, 0.5) is 4.39 Å². The number of hydrogen-bond donors (Lipinski definition) is 0. The summed E-state index contributed by atoms with van der Waals surface area (Å²) in [4.78, 5) is 4.64. The Morgan fingerprint density at radius 1 is 1.41 bits per heavy atom. The number of hydrogen-bond acceptors (Lipinski definition) is 4. The number of para-hydroxylation sites is 1. The van der Waals surface area contributed by atoms with Crippen LogP contribution in [0.2, 0.25) is 0 Å². The smallest absolute Gasteiger partial charge is 0.165 e. The van der Waals surface area contributed by atoms with Gasteiger partial charge in [-0.1, -0.05) is 12.1 Å². The molecule has 0 radical (unpaired) electrons. The fraction of sp³-hybridized carbons (Fsp3) is 0.167. The molecule has 1 aromatic carbocycles. The molecule has 0 unspecified atom stereocenters. The standard InChI is InChI=1S/C12H9FN2OS/c13-10-3-1-2-4-11(10)16-6-5-12-15-8-9(7-14)17-12/h1-4,8H,5-6H2. The second kappa shape index (κ2) is 5.41. The molecular weight excluding hydrogens is 239 g/mol. The van der Waals surface area contributed by atoms with Gasteiger partial charge in [0.05, 0.1) is 17.8 Å². The van der Waals surface area contributed by atoms with E-state index in [4.69, 9.17) is 10.00 Å². The number of nitrogens with zero attached hydrogens (tertiary/aromatic N) is 2. The minimum Gasteiger partial charge on any atom is -0.490 e. The molecule has 86 valence electrons. The highest BCUT2D eigenvalue weighted by Crippen LogP contribution is 2.16. The Labute approximate surface area is 102 Å². The molecule has 1 heterocycles. The highest BCUT2D eigenvalue weighted by Gasteiger charge is 2.04. The maximum Gasteiger partial charge on any atom is 0.165 e. The molecule has 17 heavy (non-hydrogen) atoms. The summed E-state index contributed by atoms with van der Waals surface area (Å²) in [6.45, 7) is 0.347. The molecule has 2 aromatic rings. The largest absolute Gasteiger partial charge is 0.490 e. The summed E-state index contributed by atoms with van der Waals surface area (Å²) in [5.74, 6) is -0.131. The number of thiazole rings is 1. The molecule has 5 heteroatoms. The van der Waals surface area contributed by atoms with Crippen molar-refractivity contribution in [3.8, 4) is 11.8 Å². The Kier molecular flexibility index (Phi) is 3.68. The van der Waals surface area contributed by atoms with Gasteiger partial charge < -0.3 is 4.74 Å². The van der Waals surface area contributed by atoms with Crippen molar-refractivity contribution < 1.29 is 9.13 Å². The van der Waals surface area contributed by atoms with E-state index in [2.05, 4.69) is 4.98 Å². The van der Waals surface area contributed by atoms with Gasteiger partial charge in [-0.15, -0.1) is 11.3 Å². The van der Waals surface area contributed by atoms with Crippen molar-refractivity contribution in [2.45, 2.75) is 6.42 Å². The number of halogens is 1. The van der Waals surface area contributed by atoms with Crippen molar-refractivity contribution in [3.63, 3.8) is 0 Å². The molecule has 0 amide bonds. The first kappa shape index (κ1) is 11.6. The Morgan fingerprint density at radius 3 is 2.94 bits per heavy atom. The molecule has 0 saturated carbocycles. The van der Waals surface area contributed by atoms with Gasteiger partial charge in [-0.25, -0.2) is 9.37 Å². The van der Waals surface area contributed by atoms with E-state index in [9.17, 15) is 4.39 Å². The SMILES string of the molecule is N#Cc1cnc(CCOc2ccccc2F)s1. The van der Waals surface area contributed by atoms with E-state index in [1.165, 1.54) is 23.6 Å². The second-order valence-corrected chi connectivity index (χ2v) is 4.37. The third-order valence-corrected chi connectivity index (χ3v) is 3.04. The van der Waals surface area contributed by atoms with Gasteiger partial charge >= 0.3 is 0 Å². The van der Waals surface area contributed by atoms with Crippen molar-refractivity contribution in [3.05, 3.63) is 46.2 Å². The van der Waals surface area contributed by atoms with Gasteiger partial charge in [0.25, 0.3) is 0 Å². The Bertz CT molecular complexity index is 547. The fourth-order valence-electron chi connectivity index (χ4n) is 1.29. The first-order chi connectivity index (χ1) is 8.29. The number of benzene rings is 1. The molecule has 0 saturated heterocycles. The molecule has 2 rings (SSSR count). The predicted octanol–water partition coefficient (Wildman–Crippen LogP) is 2.78. The summed E-state index contributed by atoms with van der Waals surface area (Å²) >= 11 is 1.33. The summed E-state index contributed by atoms with van der Waals surface area (Å²) in [7, 11) is 0. The van der Waals surface area contributed by atoms with Gasteiger partial charge in [-0.3, -0.25) is 0 Å². The summed E-state index contributed by atoms with van der Waals surface area (Å²) in [5.41, 5.74) is 0. The molecule has 0 aliphatic rings. The summed E-state index contributed by atoms with van der Waals surface area (Å²) in [6.07, 6.45) is 2.10. The molecule has 1 aromatic heterocycles. The van der Waals surface area contributed by atoms with Gasteiger partial charge in [0, 0.05) is 6.42 Å². The van der Waals surface area contributed by atoms with Crippen LogP contribution in [0.3, 0.4) is 0 Å². The zero-order chi connectivity index (χ0) is 12.1. The lowest BCUT2D eigenvalue weighted by Crippen LogP contribution is -2.02. The highest BCUT2D eigenvalue weighted by molar-refractivity contribution is 7.12. The lowest BCUT2D eigenvalue weighted by molar-refractivity contribution is 0.305. The maximum absolute atomic E-state index is 13.2. The lowest BCUT2D eigenvalue weighted by atomic mass is 10.3. The molecule has 0 aliphatic carbocycles. The van der Waals surface area contributed by atoms with Crippen LogP contribution in [0.25, 0.3) is 0 Å². The van der Waals surface area contributed by atoms with Crippen LogP contribution in [0, 0.1) is 17.1 Å². The zero-order valence-electron chi connectivity index (χ0n) is 8.89. The third kappa shape index (κ3) is 3.02.